The average molecular weight is 188 g/mol. The van der Waals surface area contributed by atoms with Crippen LogP contribution in [-0.2, 0) is 0 Å². The highest BCUT2D eigenvalue weighted by molar-refractivity contribution is 4.81. The molecule has 0 aliphatic carbocycles. The lowest BCUT2D eigenvalue weighted by Crippen LogP contribution is -2.35. The minimum absolute atomic E-state index is 0.0890. The van der Waals surface area contributed by atoms with Gasteiger partial charge >= 0.3 is 0 Å². The molecule has 0 aliphatic heterocycles. The maximum absolute atomic E-state index is 9.87. The van der Waals surface area contributed by atoms with E-state index in [2.05, 4.69) is 13.8 Å². The third kappa shape index (κ3) is 4.10. The largest absolute Gasteiger partial charge is 0.396 e. The van der Waals surface area contributed by atoms with Crippen LogP contribution in [0.3, 0.4) is 0 Å². The lowest BCUT2D eigenvalue weighted by Gasteiger charge is -2.32. The Hall–Kier alpha value is -0.0800. The molecule has 13 heavy (non-hydrogen) atoms. The zero-order valence-corrected chi connectivity index (χ0v) is 9.21. The Morgan fingerprint density at radius 1 is 1.23 bits per heavy atom. The van der Waals surface area contributed by atoms with Crippen molar-refractivity contribution in [2.75, 3.05) is 6.61 Å². The van der Waals surface area contributed by atoms with Gasteiger partial charge in [-0.05, 0) is 12.8 Å². The summed E-state index contributed by atoms with van der Waals surface area (Å²) in [6.45, 7) is 6.26. The average Bonchev–Trinajstić information content (AvgIpc) is 2.14. The van der Waals surface area contributed by atoms with Gasteiger partial charge in [-0.3, -0.25) is 0 Å². The lowest BCUT2D eigenvalue weighted by molar-refractivity contribution is -0.0170. The summed E-state index contributed by atoms with van der Waals surface area (Å²) in [6.07, 6.45) is 4.52. The molecule has 2 heteroatoms. The topological polar surface area (TPSA) is 40.5 Å². The van der Waals surface area contributed by atoms with Crippen LogP contribution in [0.15, 0.2) is 0 Å². The number of hydrogen-bond acceptors (Lipinski definition) is 2. The van der Waals surface area contributed by atoms with Crippen molar-refractivity contribution < 1.29 is 10.2 Å². The standard InChI is InChI=1S/C11H24O2/c1-4-6-7-10(13)11(3,9-12)8-5-2/h10,12-13H,4-9H2,1-3H3. The summed E-state index contributed by atoms with van der Waals surface area (Å²) < 4.78 is 0. The Bertz CT molecular complexity index is 125. The molecule has 0 aromatic rings. The third-order valence-corrected chi connectivity index (χ3v) is 2.82. The second-order valence-electron chi connectivity index (χ2n) is 4.22. The highest BCUT2D eigenvalue weighted by atomic mass is 16.3. The van der Waals surface area contributed by atoms with Crippen molar-refractivity contribution in [1.82, 2.24) is 0 Å². The van der Waals surface area contributed by atoms with Gasteiger partial charge in [-0.15, -0.1) is 0 Å². The van der Waals surface area contributed by atoms with Crippen LogP contribution in [0, 0.1) is 5.41 Å². The molecule has 0 bridgehead atoms. The molecule has 2 N–H and O–H groups in total. The van der Waals surface area contributed by atoms with Crippen molar-refractivity contribution >= 4 is 0 Å². The molecule has 0 saturated heterocycles. The first-order chi connectivity index (χ1) is 6.10. The number of rotatable bonds is 7. The summed E-state index contributed by atoms with van der Waals surface area (Å²) >= 11 is 0. The van der Waals surface area contributed by atoms with Crippen molar-refractivity contribution in [1.29, 1.82) is 0 Å². The van der Waals surface area contributed by atoms with Crippen LogP contribution >= 0.6 is 0 Å². The maximum Gasteiger partial charge on any atom is 0.0615 e. The van der Waals surface area contributed by atoms with Crippen LogP contribution in [0.5, 0.6) is 0 Å². The van der Waals surface area contributed by atoms with Crippen molar-refractivity contribution in [3.8, 4) is 0 Å². The van der Waals surface area contributed by atoms with Crippen molar-refractivity contribution in [3.05, 3.63) is 0 Å². The van der Waals surface area contributed by atoms with Crippen molar-refractivity contribution in [2.24, 2.45) is 5.41 Å². The van der Waals surface area contributed by atoms with Crippen molar-refractivity contribution in [2.45, 2.75) is 59.0 Å². The first-order valence-electron chi connectivity index (χ1n) is 5.39. The van der Waals surface area contributed by atoms with E-state index in [-0.39, 0.29) is 18.1 Å². The van der Waals surface area contributed by atoms with E-state index in [1.807, 2.05) is 6.92 Å². The summed E-state index contributed by atoms with van der Waals surface area (Å²) in [5.41, 5.74) is -0.288. The van der Waals surface area contributed by atoms with Crippen LogP contribution in [0.25, 0.3) is 0 Å². The quantitative estimate of drug-likeness (QED) is 0.644. The predicted octanol–water partition coefficient (Wildman–Crippen LogP) is 2.34. The Morgan fingerprint density at radius 2 is 1.85 bits per heavy atom. The van der Waals surface area contributed by atoms with Gasteiger partial charge in [0.05, 0.1) is 12.7 Å². The predicted molar refractivity (Wildman–Crippen MR) is 55.6 cm³/mol. The molecule has 0 fully saturated rings. The Kier molecular flexibility index (Phi) is 6.35. The van der Waals surface area contributed by atoms with E-state index < -0.39 is 0 Å². The third-order valence-electron chi connectivity index (χ3n) is 2.82. The van der Waals surface area contributed by atoms with Gasteiger partial charge in [0.1, 0.15) is 0 Å². The van der Waals surface area contributed by atoms with Gasteiger partial charge in [0.25, 0.3) is 0 Å². The van der Waals surface area contributed by atoms with E-state index in [1.54, 1.807) is 0 Å². The molecule has 0 rings (SSSR count). The molecular formula is C11H24O2. The van der Waals surface area contributed by atoms with Gasteiger partial charge in [0, 0.05) is 5.41 Å². The van der Waals surface area contributed by atoms with Gasteiger partial charge in [-0.2, -0.15) is 0 Å². The fourth-order valence-corrected chi connectivity index (χ4v) is 1.67. The van der Waals surface area contributed by atoms with Gasteiger partial charge in [-0.25, -0.2) is 0 Å². The van der Waals surface area contributed by atoms with E-state index >= 15 is 0 Å². The van der Waals surface area contributed by atoms with Crippen LogP contribution in [0.4, 0.5) is 0 Å². The van der Waals surface area contributed by atoms with E-state index in [1.165, 1.54) is 0 Å². The normalized spacial score (nSPS) is 18.2. The first-order valence-corrected chi connectivity index (χ1v) is 5.39. The smallest absolute Gasteiger partial charge is 0.0615 e. The molecular weight excluding hydrogens is 164 g/mol. The second-order valence-corrected chi connectivity index (χ2v) is 4.22. The van der Waals surface area contributed by atoms with E-state index in [0.29, 0.717) is 0 Å². The molecule has 0 radical (unpaired) electrons. The molecule has 0 amide bonds. The molecule has 0 spiro atoms. The minimum Gasteiger partial charge on any atom is -0.396 e. The highest BCUT2D eigenvalue weighted by Gasteiger charge is 2.30. The van der Waals surface area contributed by atoms with E-state index in [0.717, 1.165) is 32.1 Å². The van der Waals surface area contributed by atoms with Crippen LogP contribution in [0.2, 0.25) is 0 Å². The molecule has 2 unspecified atom stereocenters. The van der Waals surface area contributed by atoms with Crippen LogP contribution < -0.4 is 0 Å². The highest BCUT2D eigenvalue weighted by Crippen LogP contribution is 2.29. The van der Waals surface area contributed by atoms with Crippen LogP contribution in [-0.4, -0.2) is 22.9 Å². The summed E-state index contributed by atoms with van der Waals surface area (Å²) in [6, 6.07) is 0. The summed E-state index contributed by atoms with van der Waals surface area (Å²) in [7, 11) is 0. The zero-order chi connectivity index (χ0) is 10.3. The van der Waals surface area contributed by atoms with Gasteiger partial charge in [0.15, 0.2) is 0 Å². The molecule has 0 aromatic carbocycles. The second kappa shape index (κ2) is 6.39. The Morgan fingerprint density at radius 3 is 2.23 bits per heavy atom. The SMILES string of the molecule is CCCCC(O)C(C)(CO)CCC. The number of unbranched alkanes of at least 4 members (excludes halogenated alkanes) is 1. The molecule has 0 aliphatic rings. The molecule has 2 nitrogen and oxygen atoms in total. The fourth-order valence-electron chi connectivity index (χ4n) is 1.67. The molecule has 0 saturated carbocycles. The fraction of sp³-hybridized carbons (Fsp3) is 1.00. The molecule has 80 valence electrons. The number of aliphatic hydroxyl groups is 2. The maximum atomic E-state index is 9.87. The first kappa shape index (κ1) is 12.9. The molecule has 2 atom stereocenters. The Balaban J connectivity index is 4.03. The number of hydrogen-bond donors (Lipinski definition) is 2. The minimum atomic E-state index is -0.350. The van der Waals surface area contributed by atoms with Crippen LogP contribution in [0.1, 0.15) is 52.9 Å². The summed E-state index contributed by atoms with van der Waals surface area (Å²) in [5.74, 6) is 0. The van der Waals surface area contributed by atoms with E-state index in [4.69, 9.17) is 0 Å². The summed E-state index contributed by atoms with van der Waals surface area (Å²) in [4.78, 5) is 0. The zero-order valence-electron chi connectivity index (χ0n) is 9.21. The molecule has 0 aromatic heterocycles. The van der Waals surface area contributed by atoms with Gasteiger partial charge in [0.2, 0.25) is 0 Å². The molecule has 0 heterocycles. The summed E-state index contributed by atoms with van der Waals surface area (Å²) in [5, 5.41) is 19.1. The van der Waals surface area contributed by atoms with Gasteiger partial charge < -0.3 is 10.2 Å². The Labute approximate surface area is 82.0 Å². The number of aliphatic hydroxyl groups excluding tert-OH is 2. The lowest BCUT2D eigenvalue weighted by atomic mass is 9.79. The van der Waals surface area contributed by atoms with Gasteiger partial charge in [-0.1, -0.05) is 40.0 Å². The van der Waals surface area contributed by atoms with Crippen molar-refractivity contribution in [3.63, 3.8) is 0 Å². The monoisotopic (exact) mass is 188 g/mol. The van der Waals surface area contributed by atoms with E-state index in [9.17, 15) is 10.2 Å².